The van der Waals surface area contributed by atoms with Gasteiger partial charge in [0.2, 0.25) is 0 Å². The monoisotopic (exact) mass is 298 g/mol. The van der Waals surface area contributed by atoms with Gasteiger partial charge < -0.3 is 4.57 Å². The number of para-hydroxylation sites is 1. The van der Waals surface area contributed by atoms with Crippen LogP contribution in [0, 0.1) is 0 Å². The normalized spacial score (nSPS) is 15.3. The quantitative estimate of drug-likeness (QED) is 0.682. The van der Waals surface area contributed by atoms with Crippen LogP contribution in [-0.2, 0) is 19.6 Å². The fourth-order valence-corrected chi connectivity index (χ4v) is 3.05. The zero-order chi connectivity index (χ0) is 14.2. The summed E-state index contributed by atoms with van der Waals surface area (Å²) in [6, 6.07) is 10.2. The van der Waals surface area contributed by atoms with Crippen molar-refractivity contribution in [1.29, 1.82) is 0 Å². The SMILES string of the molecule is Clc1nc2ccccc2cc1CN1CCn2ccnc2C1. The second kappa shape index (κ2) is 5.13. The summed E-state index contributed by atoms with van der Waals surface area (Å²) in [5.41, 5.74) is 2.02. The molecular weight excluding hydrogens is 284 g/mol. The fraction of sp³-hybridized carbons (Fsp3) is 0.250. The molecule has 4 rings (SSSR count). The van der Waals surface area contributed by atoms with Crippen molar-refractivity contribution < 1.29 is 0 Å². The van der Waals surface area contributed by atoms with E-state index >= 15 is 0 Å². The molecule has 3 aromatic rings. The largest absolute Gasteiger partial charge is 0.333 e. The lowest BCUT2D eigenvalue weighted by molar-refractivity contribution is 0.209. The molecule has 0 aliphatic carbocycles. The van der Waals surface area contributed by atoms with Crippen LogP contribution < -0.4 is 0 Å². The second-order valence-electron chi connectivity index (χ2n) is 5.38. The van der Waals surface area contributed by atoms with Crippen LogP contribution in [0.2, 0.25) is 5.15 Å². The third-order valence-corrected chi connectivity index (χ3v) is 4.30. The molecule has 0 saturated carbocycles. The molecule has 2 aromatic heterocycles. The number of nitrogens with zero attached hydrogens (tertiary/aromatic N) is 4. The molecule has 21 heavy (non-hydrogen) atoms. The van der Waals surface area contributed by atoms with E-state index < -0.39 is 0 Å². The standard InChI is InChI=1S/C16H15ClN4/c17-16-13(9-12-3-1-2-4-14(12)19-16)10-20-7-8-21-6-5-18-15(21)11-20/h1-6,9H,7-8,10-11H2. The Hall–Kier alpha value is -1.91. The van der Waals surface area contributed by atoms with Gasteiger partial charge in [0.1, 0.15) is 11.0 Å². The highest BCUT2D eigenvalue weighted by molar-refractivity contribution is 6.30. The number of rotatable bonds is 2. The Morgan fingerprint density at radius 3 is 3.05 bits per heavy atom. The molecule has 0 spiro atoms. The number of aromatic nitrogens is 3. The molecule has 106 valence electrons. The lowest BCUT2D eigenvalue weighted by atomic mass is 10.1. The molecule has 1 aliphatic rings. The van der Waals surface area contributed by atoms with Crippen molar-refractivity contribution >= 4 is 22.5 Å². The van der Waals surface area contributed by atoms with Crippen molar-refractivity contribution in [2.75, 3.05) is 6.54 Å². The van der Waals surface area contributed by atoms with Gasteiger partial charge in [-0.2, -0.15) is 0 Å². The van der Waals surface area contributed by atoms with Gasteiger partial charge in [0, 0.05) is 43.0 Å². The number of pyridine rings is 1. The van der Waals surface area contributed by atoms with Gasteiger partial charge in [-0.3, -0.25) is 4.90 Å². The van der Waals surface area contributed by atoms with Crippen LogP contribution in [0.1, 0.15) is 11.4 Å². The molecule has 0 saturated heterocycles. The maximum Gasteiger partial charge on any atom is 0.134 e. The second-order valence-corrected chi connectivity index (χ2v) is 5.74. The number of hydrogen-bond donors (Lipinski definition) is 0. The zero-order valence-corrected chi connectivity index (χ0v) is 12.3. The van der Waals surface area contributed by atoms with Gasteiger partial charge in [0.05, 0.1) is 12.1 Å². The average molecular weight is 299 g/mol. The summed E-state index contributed by atoms with van der Waals surface area (Å²) in [5, 5.41) is 1.73. The maximum absolute atomic E-state index is 6.34. The van der Waals surface area contributed by atoms with E-state index in [1.165, 1.54) is 0 Å². The number of fused-ring (bicyclic) bond motifs is 2. The Balaban J connectivity index is 1.61. The molecule has 0 fully saturated rings. The van der Waals surface area contributed by atoms with Gasteiger partial charge in [-0.15, -0.1) is 0 Å². The Morgan fingerprint density at radius 1 is 1.19 bits per heavy atom. The van der Waals surface area contributed by atoms with E-state index in [1.807, 2.05) is 30.6 Å². The minimum Gasteiger partial charge on any atom is -0.333 e. The first-order valence-electron chi connectivity index (χ1n) is 7.06. The average Bonchev–Trinajstić information content (AvgIpc) is 2.95. The van der Waals surface area contributed by atoms with Crippen LogP contribution in [0.4, 0.5) is 0 Å². The number of halogens is 1. The van der Waals surface area contributed by atoms with Crippen molar-refractivity contribution in [3.8, 4) is 0 Å². The Morgan fingerprint density at radius 2 is 2.10 bits per heavy atom. The smallest absolute Gasteiger partial charge is 0.134 e. The van der Waals surface area contributed by atoms with Crippen LogP contribution in [0.15, 0.2) is 42.7 Å². The predicted octanol–water partition coefficient (Wildman–Crippen LogP) is 3.10. The maximum atomic E-state index is 6.34. The first kappa shape index (κ1) is 12.8. The minimum atomic E-state index is 0.600. The lowest BCUT2D eigenvalue weighted by Crippen LogP contribution is -2.33. The molecule has 1 aliphatic heterocycles. The summed E-state index contributed by atoms with van der Waals surface area (Å²) in [6.45, 7) is 3.65. The lowest BCUT2D eigenvalue weighted by Gasteiger charge is -2.27. The summed E-state index contributed by atoms with van der Waals surface area (Å²) < 4.78 is 2.21. The minimum absolute atomic E-state index is 0.600. The summed E-state index contributed by atoms with van der Waals surface area (Å²) in [6.07, 6.45) is 3.90. The predicted molar refractivity (Wildman–Crippen MR) is 83.1 cm³/mol. The summed E-state index contributed by atoms with van der Waals surface area (Å²) >= 11 is 6.34. The number of imidazole rings is 1. The summed E-state index contributed by atoms with van der Waals surface area (Å²) in [7, 11) is 0. The first-order chi connectivity index (χ1) is 10.3. The van der Waals surface area contributed by atoms with Crippen molar-refractivity contribution in [2.45, 2.75) is 19.6 Å². The van der Waals surface area contributed by atoms with Crippen molar-refractivity contribution in [2.24, 2.45) is 0 Å². The van der Waals surface area contributed by atoms with Crippen LogP contribution in [0.3, 0.4) is 0 Å². The highest BCUT2D eigenvalue weighted by atomic mass is 35.5. The Bertz CT molecular complexity index is 796. The van der Waals surface area contributed by atoms with E-state index in [2.05, 4.69) is 31.6 Å². The third kappa shape index (κ3) is 2.41. The van der Waals surface area contributed by atoms with E-state index in [4.69, 9.17) is 11.6 Å². The Labute approximate surface area is 128 Å². The molecule has 0 radical (unpaired) electrons. The molecule has 0 bridgehead atoms. The van der Waals surface area contributed by atoms with Crippen LogP contribution in [0.5, 0.6) is 0 Å². The Kier molecular flexibility index (Phi) is 3.13. The molecule has 0 N–H and O–H groups in total. The molecule has 0 atom stereocenters. The molecule has 0 unspecified atom stereocenters. The van der Waals surface area contributed by atoms with E-state index in [1.54, 1.807) is 0 Å². The first-order valence-corrected chi connectivity index (χ1v) is 7.44. The van der Waals surface area contributed by atoms with Crippen LogP contribution in [-0.4, -0.2) is 26.0 Å². The van der Waals surface area contributed by atoms with Crippen LogP contribution in [0.25, 0.3) is 10.9 Å². The molecule has 3 heterocycles. The van der Waals surface area contributed by atoms with Gasteiger partial charge in [-0.05, 0) is 12.1 Å². The van der Waals surface area contributed by atoms with E-state index in [0.29, 0.717) is 5.15 Å². The van der Waals surface area contributed by atoms with Crippen LogP contribution >= 0.6 is 11.6 Å². The van der Waals surface area contributed by atoms with Gasteiger partial charge in [0.25, 0.3) is 0 Å². The highest BCUT2D eigenvalue weighted by Gasteiger charge is 2.18. The van der Waals surface area contributed by atoms with Gasteiger partial charge >= 0.3 is 0 Å². The fourth-order valence-electron chi connectivity index (χ4n) is 2.85. The third-order valence-electron chi connectivity index (χ3n) is 3.97. The number of benzene rings is 1. The van der Waals surface area contributed by atoms with E-state index in [-0.39, 0.29) is 0 Å². The van der Waals surface area contributed by atoms with Crippen molar-refractivity contribution in [3.63, 3.8) is 0 Å². The van der Waals surface area contributed by atoms with Gasteiger partial charge in [-0.1, -0.05) is 29.8 Å². The highest BCUT2D eigenvalue weighted by Crippen LogP contribution is 2.23. The van der Waals surface area contributed by atoms with Crippen molar-refractivity contribution in [3.05, 3.63) is 59.3 Å². The molecule has 1 aromatic carbocycles. The zero-order valence-electron chi connectivity index (χ0n) is 11.5. The summed E-state index contributed by atoms with van der Waals surface area (Å²) in [4.78, 5) is 11.2. The topological polar surface area (TPSA) is 34.0 Å². The van der Waals surface area contributed by atoms with E-state index in [0.717, 1.165) is 48.5 Å². The molecular formula is C16H15ClN4. The number of hydrogen-bond acceptors (Lipinski definition) is 3. The van der Waals surface area contributed by atoms with Gasteiger partial charge in [0.15, 0.2) is 0 Å². The summed E-state index contributed by atoms with van der Waals surface area (Å²) in [5.74, 6) is 1.12. The van der Waals surface area contributed by atoms with Crippen molar-refractivity contribution in [1.82, 2.24) is 19.4 Å². The molecule has 4 nitrogen and oxygen atoms in total. The molecule has 0 amide bonds. The van der Waals surface area contributed by atoms with Gasteiger partial charge in [-0.25, -0.2) is 9.97 Å². The van der Waals surface area contributed by atoms with E-state index in [9.17, 15) is 0 Å². The molecule has 5 heteroatoms.